The van der Waals surface area contributed by atoms with Gasteiger partial charge >= 0.3 is 5.97 Å². The van der Waals surface area contributed by atoms with Crippen molar-refractivity contribution in [1.29, 1.82) is 0 Å². The molecule has 0 amide bonds. The van der Waals surface area contributed by atoms with Gasteiger partial charge in [-0.1, -0.05) is 25.4 Å². The Kier molecular flexibility index (Phi) is 4.12. The third kappa shape index (κ3) is 3.10. The highest BCUT2D eigenvalue weighted by Gasteiger charge is 2.17. The molecule has 0 saturated carbocycles. The van der Waals surface area contributed by atoms with Crippen molar-refractivity contribution in [2.75, 3.05) is 12.3 Å². The summed E-state index contributed by atoms with van der Waals surface area (Å²) in [4.78, 5) is 15.5. The third-order valence-corrected chi connectivity index (χ3v) is 2.22. The molecule has 1 heterocycles. The molecule has 4 nitrogen and oxygen atoms in total. The van der Waals surface area contributed by atoms with E-state index in [1.165, 1.54) is 0 Å². The second-order valence-electron chi connectivity index (χ2n) is 4.02. The minimum absolute atomic E-state index is 0.0891. The lowest BCUT2D eigenvalue weighted by Gasteiger charge is -2.10. The molecule has 0 bridgehead atoms. The Morgan fingerprint density at radius 1 is 1.62 bits per heavy atom. The van der Waals surface area contributed by atoms with Crippen molar-refractivity contribution in [2.24, 2.45) is 5.92 Å². The summed E-state index contributed by atoms with van der Waals surface area (Å²) in [6.45, 7) is 6.03. The van der Waals surface area contributed by atoms with E-state index in [1.54, 1.807) is 13.0 Å². The standard InChI is InChI=1S/C11H15ClN2O2/c1-6(2)5-16-11(15)9-7(3)4-8(13)14-10(9)12/h4,6H,5H2,1-3H3,(H2,13,14). The number of pyridine rings is 1. The van der Waals surface area contributed by atoms with Gasteiger partial charge in [0, 0.05) is 0 Å². The van der Waals surface area contributed by atoms with E-state index in [-0.39, 0.29) is 16.6 Å². The summed E-state index contributed by atoms with van der Waals surface area (Å²) >= 11 is 5.85. The van der Waals surface area contributed by atoms with Crippen LogP contribution in [0.2, 0.25) is 5.15 Å². The topological polar surface area (TPSA) is 65.2 Å². The molecule has 0 radical (unpaired) electrons. The Balaban J connectivity index is 2.91. The molecule has 0 spiro atoms. The molecule has 1 rings (SSSR count). The lowest BCUT2D eigenvalue weighted by atomic mass is 10.1. The van der Waals surface area contributed by atoms with Crippen LogP contribution in [-0.4, -0.2) is 17.6 Å². The number of esters is 1. The van der Waals surface area contributed by atoms with Crippen molar-refractivity contribution in [2.45, 2.75) is 20.8 Å². The van der Waals surface area contributed by atoms with Gasteiger partial charge in [-0.15, -0.1) is 0 Å². The molecule has 16 heavy (non-hydrogen) atoms. The van der Waals surface area contributed by atoms with Crippen LogP contribution >= 0.6 is 11.6 Å². The van der Waals surface area contributed by atoms with Gasteiger partial charge in [-0.05, 0) is 24.5 Å². The SMILES string of the molecule is Cc1cc(N)nc(Cl)c1C(=O)OCC(C)C. The van der Waals surface area contributed by atoms with Gasteiger partial charge in [0.25, 0.3) is 0 Å². The number of hydrogen-bond acceptors (Lipinski definition) is 4. The van der Waals surface area contributed by atoms with Gasteiger partial charge in [0.1, 0.15) is 16.5 Å². The van der Waals surface area contributed by atoms with Crippen LogP contribution in [0.1, 0.15) is 29.8 Å². The number of aromatic nitrogens is 1. The molecule has 0 aromatic carbocycles. The van der Waals surface area contributed by atoms with Crippen molar-refractivity contribution >= 4 is 23.4 Å². The Morgan fingerprint density at radius 3 is 2.75 bits per heavy atom. The van der Waals surface area contributed by atoms with Crippen LogP contribution in [0.5, 0.6) is 0 Å². The fourth-order valence-corrected chi connectivity index (χ4v) is 1.54. The Hall–Kier alpha value is -1.29. The number of carbonyl (C=O) groups excluding carboxylic acids is 1. The van der Waals surface area contributed by atoms with Crippen LogP contribution in [0.25, 0.3) is 0 Å². The van der Waals surface area contributed by atoms with Crippen LogP contribution in [0.4, 0.5) is 5.82 Å². The maximum absolute atomic E-state index is 11.7. The molecule has 0 saturated heterocycles. The molecule has 0 aliphatic rings. The third-order valence-electron chi connectivity index (χ3n) is 1.94. The normalized spacial score (nSPS) is 10.6. The van der Waals surface area contributed by atoms with Gasteiger partial charge < -0.3 is 10.5 Å². The van der Waals surface area contributed by atoms with Crippen LogP contribution in [0, 0.1) is 12.8 Å². The number of nitrogen functional groups attached to an aromatic ring is 1. The molecule has 1 aromatic rings. The van der Waals surface area contributed by atoms with Crippen molar-refractivity contribution in [1.82, 2.24) is 4.98 Å². The molecule has 0 aliphatic carbocycles. The summed E-state index contributed by atoms with van der Waals surface area (Å²) in [5.41, 5.74) is 6.46. The summed E-state index contributed by atoms with van der Waals surface area (Å²) in [5, 5.41) is 0.0891. The number of carbonyl (C=O) groups is 1. The summed E-state index contributed by atoms with van der Waals surface area (Å²) < 4.78 is 5.09. The number of halogens is 1. The molecule has 0 fully saturated rings. The summed E-state index contributed by atoms with van der Waals surface area (Å²) in [6.07, 6.45) is 0. The van der Waals surface area contributed by atoms with Gasteiger partial charge in [-0.3, -0.25) is 0 Å². The fourth-order valence-electron chi connectivity index (χ4n) is 1.22. The monoisotopic (exact) mass is 242 g/mol. The minimum atomic E-state index is -0.455. The molecule has 0 unspecified atom stereocenters. The van der Waals surface area contributed by atoms with Crippen molar-refractivity contribution in [3.8, 4) is 0 Å². The summed E-state index contributed by atoms with van der Waals surface area (Å²) in [5.74, 6) is 0.122. The highest BCUT2D eigenvalue weighted by Crippen LogP contribution is 2.20. The van der Waals surface area contributed by atoms with Crippen LogP contribution in [0.15, 0.2) is 6.07 Å². The van der Waals surface area contributed by atoms with E-state index < -0.39 is 5.97 Å². The zero-order valence-corrected chi connectivity index (χ0v) is 10.3. The Bertz CT molecular complexity index is 382. The summed E-state index contributed by atoms with van der Waals surface area (Å²) in [6, 6.07) is 1.60. The molecule has 5 heteroatoms. The minimum Gasteiger partial charge on any atom is -0.462 e. The number of hydrogen-bond donors (Lipinski definition) is 1. The zero-order chi connectivity index (χ0) is 12.3. The van der Waals surface area contributed by atoms with E-state index in [4.69, 9.17) is 22.1 Å². The van der Waals surface area contributed by atoms with E-state index in [0.29, 0.717) is 18.0 Å². The van der Waals surface area contributed by atoms with Gasteiger partial charge in [0.2, 0.25) is 0 Å². The molecule has 2 N–H and O–H groups in total. The first-order chi connectivity index (χ1) is 7.41. The van der Waals surface area contributed by atoms with Crippen LogP contribution in [0.3, 0.4) is 0 Å². The van der Waals surface area contributed by atoms with Crippen molar-refractivity contribution in [3.05, 3.63) is 22.3 Å². The quantitative estimate of drug-likeness (QED) is 0.653. The van der Waals surface area contributed by atoms with Crippen LogP contribution in [-0.2, 0) is 4.74 Å². The van der Waals surface area contributed by atoms with Gasteiger partial charge in [-0.2, -0.15) is 0 Å². The molecule has 88 valence electrons. The number of rotatable bonds is 3. The first-order valence-corrected chi connectivity index (χ1v) is 5.39. The maximum Gasteiger partial charge on any atom is 0.341 e. The van der Waals surface area contributed by atoms with Gasteiger partial charge in [0.05, 0.1) is 6.61 Å². The van der Waals surface area contributed by atoms with Gasteiger partial charge in [0.15, 0.2) is 0 Å². The number of nitrogens with two attached hydrogens (primary N) is 1. The second-order valence-corrected chi connectivity index (χ2v) is 4.38. The fraction of sp³-hybridized carbons (Fsp3) is 0.455. The van der Waals surface area contributed by atoms with Crippen molar-refractivity contribution < 1.29 is 9.53 Å². The summed E-state index contributed by atoms with van der Waals surface area (Å²) in [7, 11) is 0. The van der Waals surface area contributed by atoms with Gasteiger partial charge in [-0.25, -0.2) is 9.78 Å². The number of ether oxygens (including phenoxy) is 1. The van der Waals surface area contributed by atoms with E-state index in [9.17, 15) is 4.79 Å². The molecular weight excluding hydrogens is 228 g/mol. The van der Waals surface area contributed by atoms with Crippen LogP contribution < -0.4 is 5.73 Å². The smallest absolute Gasteiger partial charge is 0.341 e. The second kappa shape index (κ2) is 5.16. The number of anilines is 1. The number of nitrogens with zero attached hydrogens (tertiary/aromatic N) is 1. The maximum atomic E-state index is 11.7. The Labute approximate surface area is 99.8 Å². The number of aryl methyl sites for hydroxylation is 1. The van der Waals surface area contributed by atoms with E-state index in [1.807, 2.05) is 13.8 Å². The Morgan fingerprint density at radius 2 is 2.25 bits per heavy atom. The first kappa shape index (κ1) is 12.8. The molecule has 0 aliphatic heterocycles. The average molecular weight is 243 g/mol. The van der Waals surface area contributed by atoms with Crippen molar-refractivity contribution in [3.63, 3.8) is 0 Å². The molecule has 1 aromatic heterocycles. The van der Waals surface area contributed by atoms with E-state index >= 15 is 0 Å². The predicted octanol–water partition coefficient (Wildman–Crippen LogP) is 2.44. The molecule has 0 atom stereocenters. The lowest BCUT2D eigenvalue weighted by Crippen LogP contribution is -2.13. The van der Waals surface area contributed by atoms with E-state index in [0.717, 1.165) is 0 Å². The largest absolute Gasteiger partial charge is 0.462 e. The molecular formula is C11H15ClN2O2. The average Bonchev–Trinajstić information content (AvgIpc) is 2.12. The van der Waals surface area contributed by atoms with E-state index in [2.05, 4.69) is 4.98 Å². The highest BCUT2D eigenvalue weighted by molar-refractivity contribution is 6.32. The zero-order valence-electron chi connectivity index (χ0n) is 9.58. The highest BCUT2D eigenvalue weighted by atomic mass is 35.5. The first-order valence-electron chi connectivity index (χ1n) is 5.01. The lowest BCUT2D eigenvalue weighted by molar-refractivity contribution is 0.0458. The predicted molar refractivity (Wildman–Crippen MR) is 63.5 cm³/mol.